The van der Waals surface area contributed by atoms with Crippen LogP contribution in [-0.4, -0.2) is 115 Å². The summed E-state index contributed by atoms with van der Waals surface area (Å²) in [6.07, 6.45) is 5.25. The van der Waals surface area contributed by atoms with Crippen LogP contribution < -0.4 is 5.73 Å². The van der Waals surface area contributed by atoms with Gasteiger partial charge in [-0.15, -0.1) is 0 Å². The SMILES string of the molecule is CCCOC1CC(C=C(C)C2OC(=O)C3CCCCN3C(=O)C(=O)C3(O)OC(C(OC)CC(C)C(F)C(C)=CC(CC)C(=O)CCC2C)C(OC)CC3C)CCC1N. The number of ketones is 2. The molecule has 3 N–H and O–H groups in total. The summed E-state index contributed by atoms with van der Waals surface area (Å²) in [5.41, 5.74) is 7.68. The van der Waals surface area contributed by atoms with E-state index < -0.39 is 77.8 Å². The molecule has 58 heavy (non-hydrogen) atoms. The van der Waals surface area contributed by atoms with Gasteiger partial charge in [-0.05, 0) is 113 Å². The minimum absolute atomic E-state index is 0.0207. The number of carbonyl (C=O) groups excluding carboxylic acids is 4. The average molecular weight is 821 g/mol. The van der Waals surface area contributed by atoms with Crippen LogP contribution in [0, 0.1) is 29.6 Å². The maximum Gasteiger partial charge on any atom is 0.329 e. The van der Waals surface area contributed by atoms with Gasteiger partial charge in [0.2, 0.25) is 5.79 Å². The lowest BCUT2D eigenvalue weighted by atomic mass is 9.81. The van der Waals surface area contributed by atoms with Crippen molar-refractivity contribution in [3.05, 3.63) is 23.3 Å². The van der Waals surface area contributed by atoms with E-state index in [1.165, 1.54) is 19.1 Å². The number of hydrogen-bond donors (Lipinski definition) is 2. The fraction of sp³-hybridized carbons (Fsp3) is 0.822. The second kappa shape index (κ2) is 21.8. The van der Waals surface area contributed by atoms with Crippen LogP contribution in [0.3, 0.4) is 0 Å². The van der Waals surface area contributed by atoms with Gasteiger partial charge in [0.05, 0.1) is 18.3 Å². The molecule has 0 spiro atoms. The molecular weight excluding hydrogens is 747 g/mol. The number of halogens is 1. The zero-order valence-corrected chi connectivity index (χ0v) is 36.6. The molecule has 0 aromatic carbocycles. The summed E-state index contributed by atoms with van der Waals surface area (Å²) in [5, 5.41) is 12.0. The minimum Gasteiger partial charge on any atom is -0.456 e. The van der Waals surface area contributed by atoms with Crippen molar-refractivity contribution >= 4 is 23.4 Å². The first-order chi connectivity index (χ1) is 27.5. The lowest BCUT2D eigenvalue weighted by molar-refractivity contribution is -0.302. The van der Waals surface area contributed by atoms with Gasteiger partial charge >= 0.3 is 5.97 Å². The van der Waals surface area contributed by atoms with Crippen LogP contribution in [-0.2, 0) is 42.9 Å². The number of cyclic esters (lactones) is 1. The predicted octanol–water partition coefficient (Wildman–Crippen LogP) is 6.20. The quantitative estimate of drug-likeness (QED) is 0.163. The summed E-state index contributed by atoms with van der Waals surface area (Å²) in [6, 6.07) is -1.13. The third-order valence-electron chi connectivity index (χ3n) is 13.3. The van der Waals surface area contributed by atoms with E-state index in [1.807, 2.05) is 20.8 Å². The average Bonchev–Trinajstić information content (AvgIpc) is 3.22. The molecule has 13 heteroatoms. The molecule has 14 atom stereocenters. The van der Waals surface area contributed by atoms with Crippen LogP contribution in [0.4, 0.5) is 4.39 Å². The van der Waals surface area contributed by atoms with Crippen molar-refractivity contribution in [2.75, 3.05) is 27.4 Å². The molecule has 0 radical (unpaired) electrons. The highest BCUT2D eigenvalue weighted by atomic mass is 19.1. The number of hydrogen-bond acceptors (Lipinski definition) is 11. The largest absolute Gasteiger partial charge is 0.456 e. The van der Waals surface area contributed by atoms with Gasteiger partial charge in [0.25, 0.3) is 11.7 Å². The van der Waals surface area contributed by atoms with E-state index in [0.29, 0.717) is 37.9 Å². The first kappa shape index (κ1) is 48.1. The number of alkyl halides is 1. The molecule has 3 fully saturated rings. The molecular formula is C45H73FN2O10. The smallest absolute Gasteiger partial charge is 0.329 e. The molecule has 3 aliphatic heterocycles. The standard InChI is InChI=1S/C45H73FN2O10/c1-10-20-56-36-25-31(16-17-33(36)47)21-29(6)40-26(3)15-18-35(49)32(11-2)22-27(4)39(46)28(5)23-37(54-8)41-38(55-9)24-30(7)45(53,58-41)42(50)43(51)48-19-13-12-14-34(48)44(52)57-40/h21-22,26,28,30-34,36-41,53H,10-20,23-25,47H2,1-9H3. The molecule has 4 rings (SSSR count). The number of methoxy groups -OCH3 is 2. The van der Waals surface area contributed by atoms with E-state index in [4.69, 9.17) is 29.4 Å². The van der Waals surface area contributed by atoms with Gasteiger partial charge in [-0.1, -0.05) is 46.8 Å². The Morgan fingerprint density at radius 2 is 1.67 bits per heavy atom. The van der Waals surface area contributed by atoms with Gasteiger partial charge in [-0.2, -0.15) is 0 Å². The summed E-state index contributed by atoms with van der Waals surface area (Å²) >= 11 is 0. The maximum absolute atomic E-state index is 16.2. The van der Waals surface area contributed by atoms with Crippen molar-refractivity contribution < 1.29 is 52.4 Å². The molecule has 2 saturated heterocycles. The number of ether oxygens (including phenoxy) is 5. The highest BCUT2D eigenvalue weighted by molar-refractivity contribution is 6.39. The van der Waals surface area contributed by atoms with Gasteiger partial charge < -0.3 is 39.4 Å². The second-order valence-corrected chi connectivity index (χ2v) is 17.7. The van der Waals surface area contributed by atoms with Gasteiger partial charge in [0.1, 0.15) is 30.2 Å². The van der Waals surface area contributed by atoms with E-state index in [1.54, 1.807) is 26.8 Å². The number of aliphatic hydroxyl groups is 1. The minimum atomic E-state index is -2.56. The van der Waals surface area contributed by atoms with Gasteiger partial charge in [-0.3, -0.25) is 14.4 Å². The van der Waals surface area contributed by atoms with E-state index in [0.717, 1.165) is 31.3 Å². The molecule has 3 heterocycles. The molecule has 0 aromatic rings. The van der Waals surface area contributed by atoms with Crippen molar-refractivity contribution in [2.24, 2.45) is 35.3 Å². The number of esters is 1. The fourth-order valence-corrected chi connectivity index (χ4v) is 9.55. The summed E-state index contributed by atoms with van der Waals surface area (Å²) in [7, 11) is 2.93. The predicted molar refractivity (Wildman–Crippen MR) is 218 cm³/mol. The second-order valence-electron chi connectivity index (χ2n) is 17.7. The molecule has 0 aromatic heterocycles. The van der Waals surface area contributed by atoms with E-state index in [2.05, 4.69) is 13.0 Å². The summed E-state index contributed by atoms with van der Waals surface area (Å²) < 4.78 is 46.5. The third-order valence-corrected chi connectivity index (χ3v) is 13.3. The zero-order valence-electron chi connectivity index (χ0n) is 36.6. The van der Waals surface area contributed by atoms with Gasteiger partial charge in [0, 0.05) is 51.7 Å². The number of amides is 1. The molecule has 330 valence electrons. The number of nitrogens with zero attached hydrogens (tertiary/aromatic N) is 1. The molecule has 12 nitrogen and oxygen atoms in total. The first-order valence-electron chi connectivity index (χ1n) is 21.9. The molecule has 1 saturated carbocycles. The zero-order chi connectivity index (χ0) is 42.9. The van der Waals surface area contributed by atoms with Crippen LogP contribution in [0.15, 0.2) is 23.3 Å². The summed E-state index contributed by atoms with van der Waals surface area (Å²) in [6.45, 7) is 13.6. The molecule has 1 aliphatic carbocycles. The topological polar surface area (TPSA) is 164 Å². The summed E-state index contributed by atoms with van der Waals surface area (Å²) in [4.78, 5) is 57.8. The monoisotopic (exact) mass is 821 g/mol. The normalized spacial score (nSPS) is 39.7. The van der Waals surface area contributed by atoms with Crippen LogP contribution in [0.1, 0.15) is 126 Å². The third kappa shape index (κ3) is 11.4. The van der Waals surface area contributed by atoms with E-state index in [-0.39, 0.29) is 62.0 Å². The molecule has 1 amide bonds. The van der Waals surface area contributed by atoms with Crippen molar-refractivity contribution in [2.45, 2.75) is 180 Å². The Morgan fingerprint density at radius 3 is 2.33 bits per heavy atom. The Bertz CT molecular complexity index is 1470. The number of Topliss-reactive ketones (excluding diaryl/α,β-unsaturated/α-hetero) is 2. The van der Waals surface area contributed by atoms with Crippen molar-refractivity contribution in [3.63, 3.8) is 0 Å². The highest BCUT2D eigenvalue weighted by Crippen LogP contribution is 2.39. The maximum atomic E-state index is 16.2. The van der Waals surface area contributed by atoms with Crippen LogP contribution in [0.2, 0.25) is 0 Å². The van der Waals surface area contributed by atoms with Crippen molar-refractivity contribution in [3.8, 4) is 0 Å². The summed E-state index contributed by atoms with van der Waals surface area (Å²) in [5.74, 6) is -7.57. The Hall–Kier alpha value is -2.55. The van der Waals surface area contributed by atoms with Crippen LogP contribution in [0.25, 0.3) is 0 Å². The molecule has 4 aliphatic rings. The van der Waals surface area contributed by atoms with Crippen molar-refractivity contribution in [1.29, 1.82) is 0 Å². The number of piperidine rings is 1. The Labute approximate surface area is 346 Å². The highest BCUT2D eigenvalue weighted by Gasteiger charge is 2.56. The number of rotatable bonds is 8. The molecule has 2 bridgehead atoms. The Balaban J connectivity index is 1.75. The molecule has 14 unspecified atom stereocenters. The lowest BCUT2D eigenvalue weighted by Gasteiger charge is -2.47. The van der Waals surface area contributed by atoms with Crippen LogP contribution >= 0.6 is 0 Å². The van der Waals surface area contributed by atoms with Crippen LogP contribution in [0.5, 0.6) is 0 Å². The number of fused-ring (bicyclic) bond motifs is 3. The van der Waals surface area contributed by atoms with Gasteiger partial charge in [0.15, 0.2) is 0 Å². The van der Waals surface area contributed by atoms with Gasteiger partial charge in [-0.25, -0.2) is 9.18 Å². The fourth-order valence-electron chi connectivity index (χ4n) is 9.55. The Kier molecular flexibility index (Phi) is 18.1. The lowest BCUT2D eigenvalue weighted by Crippen LogP contribution is -2.64. The van der Waals surface area contributed by atoms with E-state index in [9.17, 15) is 24.3 Å². The Morgan fingerprint density at radius 1 is 0.983 bits per heavy atom. The first-order valence-corrected chi connectivity index (χ1v) is 21.9. The van der Waals surface area contributed by atoms with E-state index >= 15 is 4.39 Å². The number of nitrogens with two attached hydrogens (primary N) is 1. The number of allylic oxidation sites excluding steroid dienone is 3. The number of carbonyl (C=O) groups is 4. The van der Waals surface area contributed by atoms with Crippen molar-refractivity contribution in [1.82, 2.24) is 4.90 Å².